The lowest BCUT2D eigenvalue weighted by Crippen LogP contribution is -2.03. The van der Waals surface area contributed by atoms with Gasteiger partial charge >= 0.3 is 0 Å². The molecule has 0 fully saturated rings. The van der Waals surface area contributed by atoms with Gasteiger partial charge in [-0.1, -0.05) is 19.1 Å². The molecule has 2 aromatic rings. The molecule has 124 valence electrons. The zero-order chi connectivity index (χ0) is 17.9. The standard InChI is InChI=1S/C21H23FN2/c1-6-7-17(18-11-16(12-23)13(2)10-14(18)3)21-15(4)20(24-5)9-8-19(21)22/h7-11,24H,6H2,1-5H3/b17-7+. The van der Waals surface area contributed by atoms with Crippen molar-refractivity contribution in [2.75, 3.05) is 12.4 Å². The van der Waals surface area contributed by atoms with Crippen molar-refractivity contribution in [2.45, 2.75) is 34.1 Å². The van der Waals surface area contributed by atoms with Crippen LogP contribution in [0, 0.1) is 37.9 Å². The van der Waals surface area contributed by atoms with E-state index in [0.717, 1.165) is 39.9 Å². The van der Waals surface area contributed by atoms with E-state index in [1.165, 1.54) is 6.07 Å². The average Bonchev–Trinajstić information content (AvgIpc) is 2.54. The Morgan fingerprint density at radius 3 is 2.50 bits per heavy atom. The maximum absolute atomic E-state index is 14.7. The molecule has 0 atom stereocenters. The maximum atomic E-state index is 14.7. The van der Waals surface area contributed by atoms with Crippen LogP contribution in [0.1, 0.15) is 46.7 Å². The Morgan fingerprint density at radius 1 is 1.21 bits per heavy atom. The molecule has 0 aliphatic rings. The molecule has 3 heteroatoms. The summed E-state index contributed by atoms with van der Waals surface area (Å²) in [6.07, 6.45) is 2.82. The quantitative estimate of drug-likeness (QED) is 0.806. The van der Waals surface area contributed by atoms with Gasteiger partial charge in [-0.3, -0.25) is 0 Å². The lowest BCUT2D eigenvalue weighted by molar-refractivity contribution is 0.623. The number of rotatable bonds is 4. The normalized spacial score (nSPS) is 11.3. The third-order valence-corrected chi connectivity index (χ3v) is 4.34. The van der Waals surface area contributed by atoms with Gasteiger partial charge in [0.2, 0.25) is 0 Å². The summed E-state index contributed by atoms with van der Waals surface area (Å²) in [5.41, 5.74) is 6.73. The molecule has 0 saturated heterocycles. The fourth-order valence-electron chi connectivity index (χ4n) is 3.09. The minimum absolute atomic E-state index is 0.246. The van der Waals surface area contributed by atoms with Crippen molar-refractivity contribution in [3.05, 3.63) is 69.5 Å². The molecule has 0 amide bonds. The van der Waals surface area contributed by atoms with Crippen molar-refractivity contribution in [1.82, 2.24) is 0 Å². The molecule has 2 nitrogen and oxygen atoms in total. The van der Waals surface area contributed by atoms with Crippen molar-refractivity contribution < 1.29 is 4.39 Å². The van der Waals surface area contributed by atoms with E-state index >= 15 is 0 Å². The van der Waals surface area contributed by atoms with Gasteiger partial charge in [0.15, 0.2) is 0 Å². The molecular formula is C21H23FN2. The van der Waals surface area contributed by atoms with Gasteiger partial charge in [-0.05, 0) is 73.2 Å². The molecule has 0 bridgehead atoms. The van der Waals surface area contributed by atoms with Gasteiger partial charge in [-0.25, -0.2) is 4.39 Å². The fraction of sp³-hybridized carbons (Fsp3) is 0.286. The first-order chi connectivity index (χ1) is 11.4. The van der Waals surface area contributed by atoms with Crippen LogP contribution in [0.4, 0.5) is 10.1 Å². The molecule has 0 saturated carbocycles. The number of aryl methyl sites for hydroxylation is 2. The van der Waals surface area contributed by atoms with Crippen LogP contribution in [-0.2, 0) is 0 Å². The summed E-state index contributed by atoms with van der Waals surface area (Å²) < 4.78 is 14.7. The number of benzene rings is 2. The number of anilines is 1. The molecule has 24 heavy (non-hydrogen) atoms. The van der Waals surface area contributed by atoms with Crippen molar-refractivity contribution >= 4 is 11.3 Å². The number of halogens is 1. The highest BCUT2D eigenvalue weighted by Gasteiger charge is 2.18. The van der Waals surface area contributed by atoms with E-state index < -0.39 is 0 Å². The van der Waals surface area contributed by atoms with Gasteiger partial charge in [0.1, 0.15) is 5.82 Å². The summed E-state index contributed by atoms with van der Waals surface area (Å²) in [4.78, 5) is 0. The zero-order valence-electron chi connectivity index (χ0n) is 14.9. The van der Waals surface area contributed by atoms with Crippen LogP contribution < -0.4 is 5.32 Å². The molecule has 0 aromatic heterocycles. The Kier molecular flexibility index (Phi) is 5.41. The van der Waals surface area contributed by atoms with Crippen molar-refractivity contribution in [3.63, 3.8) is 0 Å². The van der Waals surface area contributed by atoms with Crippen LogP contribution in [-0.4, -0.2) is 7.05 Å². The first-order valence-electron chi connectivity index (χ1n) is 8.13. The number of nitriles is 1. The Hall–Kier alpha value is -2.60. The minimum atomic E-state index is -0.246. The van der Waals surface area contributed by atoms with Gasteiger partial charge in [0, 0.05) is 18.3 Å². The van der Waals surface area contributed by atoms with Crippen molar-refractivity contribution in [2.24, 2.45) is 0 Å². The second kappa shape index (κ2) is 7.31. The third-order valence-electron chi connectivity index (χ3n) is 4.34. The minimum Gasteiger partial charge on any atom is -0.388 e. The Bertz CT molecular complexity index is 842. The molecular weight excluding hydrogens is 299 g/mol. The predicted octanol–water partition coefficient (Wildman–Crippen LogP) is 5.51. The fourth-order valence-corrected chi connectivity index (χ4v) is 3.09. The van der Waals surface area contributed by atoms with Crippen molar-refractivity contribution in [3.8, 4) is 6.07 Å². The molecule has 0 spiro atoms. The molecule has 2 aromatic carbocycles. The van der Waals surface area contributed by atoms with Crippen LogP contribution in [0.15, 0.2) is 30.3 Å². The van der Waals surface area contributed by atoms with E-state index in [9.17, 15) is 9.65 Å². The Balaban J connectivity index is 2.79. The second-order valence-corrected chi connectivity index (χ2v) is 5.96. The molecule has 0 aliphatic heterocycles. The largest absolute Gasteiger partial charge is 0.388 e. The van der Waals surface area contributed by atoms with Gasteiger partial charge in [0.05, 0.1) is 11.6 Å². The number of hydrogen-bond donors (Lipinski definition) is 1. The SMILES string of the molecule is CC/C=C(\c1cc(C#N)c(C)cc1C)c1c(F)ccc(NC)c1C. The van der Waals surface area contributed by atoms with E-state index in [4.69, 9.17) is 0 Å². The second-order valence-electron chi connectivity index (χ2n) is 5.96. The summed E-state index contributed by atoms with van der Waals surface area (Å²) in [5, 5.41) is 12.5. The third kappa shape index (κ3) is 3.19. The predicted molar refractivity (Wildman–Crippen MR) is 98.7 cm³/mol. The number of allylic oxidation sites excluding steroid dienone is 1. The summed E-state index contributed by atoms with van der Waals surface area (Å²) >= 11 is 0. The van der Waals surface area contributed by atoms with Crippen molar-refractivity contribution in [1.29, 1.82) is 5.26 Å². The molecule has 0 radical (unpaired) electrons. The maximum Gasteiger partial charge on any atom is 0.131 e. The van der Waals surface area contributed by atoms with Crippen LogP contribution >= 0.6 is 0 Å². The first kappa shape index (κ1) is 17.7. The summed E-state index contributed by atoms with van der Waals surface area (Å²) in [5.74, 6) is -0.246. The number of nitrogens with zero attached hydrogens (tertiary/aromatic N) is 1. The van der Waals surface area contributed by atoms with Crippen LogP contribution in [0.25, 0.3) is 5.57 Å². The van der Waals surface area contributed by atoms with Gasteiger partial charge in [0.25, 0.3) is 0 Å². The molecule has 0 aliphatic carbocycles. The summed E-state index contributed by atoms with van der Waals surface area (Å²) in [7, 11) is 1.83. The topological polar surface area (TPSA) is 35.8 Å². The number of hydrogen-bond acceptors (Lipinski definition) is 2. The van der Waals surface area contributed by atoms with Gasteiger partial charge in [-0.15, -0.1) is 0 Å². The highest BCUT2D eigenvalue weighted by molar-refractivity contribution is 5.85. The number of nitrogens with one attached hydrogen (secondary N) is 1. The van der Waals surface area contributed by atoms with Gasteiger partial charge in [-0.2, -0.15) is 5.26 Å². The van der Waals surface area contributed by atoms with Gasteiger partial charge < -0.3 is 5.32 Å². The average molecular weight is 322 g/mol. The monoisotopic (exact) mass is 322 g/mol. The lowest BCUT2D eigenvalue weighted by Gasteiger charge is -2.18. The molecule has 2 rings (SSSR count). The molecule has 0 heterocycles. The van der Waals surface area contributed by atoms with E-state index in [0.29, 0.717) is 11.1 Å². The van der Waals surface area contributed by atoms with E-state index in [1.54, 1.807) is 6.07 Å². The van der Waals surface area contributed by atoms with E-state index in [1.807, 2.05) is 53.0 Å². The molecule has 1 N–H and O–H groups in total. The molecule has 0 unspecified atom stereocenters. The highest BCUT2D eigenvalue weighted by Crippen LogP contribution is 2.35. The van der Waals surface area contributed by atoms with Crippen LogP contribution in [0.2, 0.25) is 0 Å². The zero-order valence-corrected chi connectivity index (χ0v) is 14.9. The smallest absolute Gasteiger partial charge is 0.131 e. The van der Waals surface area contributed by atoms with E-state index in [2.05, 4.69) is 11.4 Å². The van der Waals surface area contributed by atoms with Crippen LogP contribution in [0.3, 0.4) is 0 Å². The summed E-state index contributed by atoms with van der Waals surface area (Å²) in [6.45, 7) is 7.88. The lowest BCUT2D eigenvalue weighted by atomic mass is 9.88. The van der Waals surface area contributed by atoms with E-state index in [-0.39, 0.29) is 5.82 Å². The Morgan fingerprint density at radius 2 is 1.92 bits per heavy atom. The Labute approximate surface area is 143 Å². The first-order valence-corrected chi connectivity index (χ1v) is 8.13. The van der Waals surface area contributed by atoms with Crippen LogP contribution in [0.5, 0.6) is 0 Å². The highest BCUT2D eigenvalue weighted by atomic mass is 19.1. The summed E-state index contributed by atoms with van der Waals surface area (Å²) in [6, 6.07) is 9.34.